The van der Waals surface area contributed by atoms with Crippen molar-refractivity contribution in [2.45, 2.75) is 17.7 Å². The number of benzene rings is 2. The van der Waals surface area contributed by atoms with E-state index in [2.05, 4.69) is 44.0 Å². The van der Waals surface area contributed by atoms with Crippen molar-refractivity contribution in [2.24, 2.45) is 0 Å². The Labute approximate surface area is 133 Å². The summed E-state index contributed by atoms with van der Waals surface area (Å²) in [6.07, 6.45) is -1.75. The van der Waals surface area contributed by atoms with E-state index in [1.165, 1.54) is 0 Å². The largest absolute Gasteiger partial charge is 0.375 e. The lowest BCUT2D eigenvalue weighted by molar-refractivity contribution is 0.0167. The smallest absolute Gasteiger partial charge is 0.261 e. The summed E-state index contributed by atoms with van der Waals surface area (Å²) in [5.74, 6) is 0. The second-order valence-electron chi connectivity index (χ2n) is 4.40. The number of hydrogen-bond donors (Lipinski definition) is 0. The molecule has 0 saturated carbocycles. The van der Waals surface area contributed by atoms with Gasteiger partial charge in [0.15, 0.2) is 0 Å². The standard InChI is InChI=1S/C15H14Br2F2O/c16-13-6-5-12(10-3-1-2-4-11(10)13)14(17)7-8-20-9-15(18)19/h1-6,14-15H,7-9H2. The number of alkyl halides is 3. The Morgan fingerprint density at radius 3 is 2.45 bits per heavy atom. The zero-order valence-corrected chi connectivity index (χ0v) is 13.8. The van der Waals surface area contributed by atoms with Gasteiger partial charge in [0.05, 0.1) is 0 Å². The van der Waals surface area contributed by atoms with Gasteiger partial charge in [-0.2, -0.15) is 0 Å². The van der Waals surface area contributed by atoms with Crippen LogP contribution in [-0.2, 0) is 4.74 Å². The summed E-state index contributed by atoms with van der Waals surface area (Å²) in [4.78, 5) is 0.0816. The molecule has 1 atom stereocenters. The molecule has 1 nitrogen and oxygen atoms in total. The summed E-state index contributed by atoms with van der Waals surface area (Å²) < 4.78 is 30.0. The van der Waals surface area contributed by atoms with Gasteiger partial charge < -0.3 is 4.74 Å². The first-order chi connectivity index (χ1) is 9.59. The van der Waals surface area contributed by atoms with E-state index in [0.717, 1.165) is 20.8 Å². The average Bonchev–Trinajstić information content (AvgIpc) is 2.44. The maximum Gasteiger partial charge on any atom is 0.261 e. The lowest BCUT2D eigenvalue weighted by Gasteiger charge is -2.14. The molecule has 1 unspecified atom stereocenters. The highest BCUT2D eigenvalue weighted by Crippen LogP contribution is 2.35. The van der Waals surface area contributed by atoms with Crippen LogP contribution in [0.1, 0.15) is 16.8 Å². The number of hydrogen-bond acceptors (Lipinski definition) is 1. The van der Waals surface area contributed by atoms with E-state index in [4.69, 9.17) is 4.74 Å². The third kappa shape index (κ3) is 3.99. The lowest BCUT2D eigenvalue weighted by Crippen LogP contribution is -2.07. The molecule has 0 aliphatic heterocycles. The Hall–Kier alpha value is -0.520. The molecule has 0 N–H and O–H groups in total. The minimum absolute atomic E-state index is 0.0816. The SMILES string of the molecule is FC(F)COCCC(Br)c1ccc(Br)c2ccccc12. The molecule has 0 saturated heterocycles. The lowest BCUT2D eigenvalue weighted by atomic mass is 10.0. The van der Waals surface area contributed by atoms with Crippen LogP contribution >= 0.6 is 31.9 Å². The number of fused-ring (bicyclic) bond motifs is 1. The van der Waals surface area contributed by atoms with Gasteiger partial charge in [0.2, 0.25) is 0 Å². The van der Waals surface area contributed by atoms with Gasteiger partial charge in [0.1, 0.15) is 6.61 Å². The Bertz CT molecular complexity index is 575. The van der Waals surface area contributed by atoms with Crippen molar-refractivity contribution in [3.63, 3.8) is 0 Å². The third-order valence-electron chi connectivity index (χ3n) is 3.00. The molecule has 0 bridgehead atoms. The molecule has 0 heterocycles. The van der Waals surface area contributed by atoms with Crippen molar-refractivity contribution in [3.05, 3.63) is 46.4 Å². The van der Waals surface area contributed by atoms with Gasteiger partial charge in [-0.1, -0.05) is 62.2 Å². The first-order valence-corrected chi connectivity index (χ1v) is 7.97. The highest BCUT2D eigenvalue weighted by Gasteiger charge is 2.13. The molecule has 108 valence electrons. The van der Waals surface area contributed by atoms with Crippen LogP contribution in [0.4, 0.5) is 8.78 Å². The summed E-state index contributed by atoms with van der Waals surface area (Å²) in [5.41, 5.74) is 1.14. The van der Waals surface area contributed by atoms with Crippen molar-refractivity contribution < 1.29 is 13.5 Å². The van der Waals surface area contributed by atoms with Gasteiger partial charge in [0.25, 0.3) is 6.43 Å². The van der Waals surface area contributed by atoms with E-state index in [-0.39, 0.29) is 4.83 Å². The van der Waals surface area contributed by atoms with Crippen LogP contribution < -0.4 is 0 Å². The second kappa shape index (κ2) is 7.48. The van der Waals surface area contributed by atoms with Crippen LogP contribution in [-0.4, -0.2) is 19.6 Å². The van der Waals surface area contributed by atoms with Crippen molar-refractivity contribution >= 4 is 42.6 Å². The third-order valence-corrected chi connectivity index (χ3v) is 4.64. The van der Waals surface area contributed by atoms with Crippen LogP contribution in [0.3, 0.4) is 0 Å². The maximum absolute atomic E-state index is 12.0. The predicted octanol–water partition coefficient (Wildman–Crippen LogP) is 5.71. The minimum Gasteiger partial charge on any atom is -0.375 e. The fourth-order valence-corrected chi connectivity index (χ4v) is 3.14. The average molecular weight is 408 g/mol. The van der Waals surface area contributed by atoms with E-state index in [0.29, 0.717) is 13.0 Å². The molecule has 0 spiro atoms. The summed E-state index contributed by atoms with van der Waals surface area (Å²) in [5, 5.41) is 2.29. The zero-order chi connectivity index (χ0) is 14.5. The van der Waals surface area contributed by atoms with E-state index in [1.807, 2.05) is 24.3 Å². The van der Waals surface area contributed by atoms with Gasteiger partial charge in [-0.05, 0) is 28.8 Å². The second-order valence-corrected chi connectivity index (χ2v) is 6.36. The zero-order valence-electron chi connectivity index (χ0n) is 10.7. The molecule has 0 aliphatic rings. The van der Waals surface area contributed by atoms with Crippen LogP contribution in [0.15, 0.2) is 40.9 Å². The Morgan fingerprint density at radius 2 is 1.75 bits per heavy atom. The Kier molecular flexibility index (Phi) is 5.93. The van der Waals surface area contributed by atoms with Gasteiger partial charge in [-0.3, -0.25) is 0 Å². The molecule has 0 amide bonds. The van der Waals surface area contributed by atoms with E-state index >= 15 is 0 Å². The van der Waals surface area contributed by atoms with E-state index < -0.39 is 13.0 Å². The van der Waals surface area contributed by atoms with E-state index in [9.17, 15) is 8.78 Å². The summed E-state index contributed by atoms with van der Waals surface area (Å²) >= 11 is 7.15. The molecule has 5 heteroatoms. The fraction of sp³-hybridized carbons (Fsp3) is 0.333. The Morgan fingerprint density at radius 1 is 1.05 bits per heavy atom. The van der Waals surface area contributed by atoms with Crippen LogP contribution in [0.25, 0.3) is 10.8 Å². The highest BCUT2D eigenvalue weighted by atomic mass is 79.9. The highest BCUT2D eigenvalue weighted by molar-refractivity contribution is 9.10. The Balaban J connectivity index is 2.10. The maximum atomic E-state index is 12.0. The molecular weight excluding hydrogens is 394 g/mol. The summed E-state index contributed by atoms with van der Waals surface area (Å²) in [6.45, 7) is -0.189. The normalized spacial score (nSPS) is 13.1. The fourth-order valence-electron chi connectivity index (χ4n) is 2.07. The van der Waals surface area contributed by atoms with Crippen molar-refractivity contribution in [1.29, 1.82) is 0 Å². The monoisotopic (exact) mass is 406 g/mol. The van der Waals surface area contributed by atoms with Gasteiger partial charge in [-0.25, -0.2) is 8.78 Å². The molecule has 2 aromatic rings. The molecule has 2 aromatic carbocycles. The van der Waals surface area contributed by atoms with Crippen LogP contribution in [0, 0.1) is 0 Å². The summed E-state index contributed by atoms with van der Waals surface area (Å²) in [6, 6.07) is 12.1. The van der Waals surface area contributed by atoms with Gasteiger partial charge >= 0.3 is 0 Å². The van der Waals surface area contributed by atoms with E-state index in [1.54, 1.807) is 0 Å². The molecule has 0 fully saturated rings. The summed E-state index contributed by atoms with van der Waals surface area (Å²) in [7, 11) is 0. The molecule has 2 rings (SSSR count). The predicted molar refractivity (Wildman–Crippen MR) is 84.8 cm³/mol. The molecular formula is C15H14Br2F2O. The first-order valence-electron chi connectivity index (χ1n) is 6.26. The molecule has 0 aliphatic carbocycles. The van der Waals surface area contributed by atoms with Crippen molar-refractivity contribution in [3.8, 4) is 0 Å². The van der Waals surface area contributed by atoms with Crippen LogP contribution in [0.2, 0.25) is 0 Å². The van der Waals surface area contributed by atoms with Gasteiger partial charge in [0, 0.05) is 15.9 Å². The topological polar surface area (TPSA) is 9.23 Å². The molecule has 0 aromatic heterocycles. The molecule has 20 heavy (non-hydrogen) atoms. The molecule has 0 radical (unpaired) electrons. The van der Waals surface area contributed by atoms with Crippen molar-refractivity contribution in [1.82, 2.24) is 0 Å². The number of rotatable bonds is 6. The van der Waals surface area contributed by atoms with Crippen LogP contribution in [0.5, 0.6) is 0 Å². The van der Waals surface area contributed by atoms with Gasteiger partial charge in [-0.15, -0.1) is 0 Å². The first kappa shape index (κ1) is 15.9. The number of halogens is 4. The number of ether oxygens (including phenoxy) is 1. The van der Waals surface area contributed by atoms with Crippen molar-refractivity contribution in [2.75, 3.05) is 13.2 Å². The quantitative estimate of drug-likeness (QED) is 0.440. The minimum atomic E-state index is -2.41.